The molecule has 1 rings (SSSR count). The molecule has 1 aromatic heterocycles. The first kappa shape index (κ1) is 13.7. The van der Waals surface area contributed by atoms with Crippen LogP contribution in [0.4, 0.5) is 5.95 Å². The summed E-state index contributed by atoms with van der Waals surface area (Å²) in [6, 6.07) is 1.80. The number of hydrogen-bond acceptors (Lipinski definition) is 5. The highest BCUT2D eigenvalue weighted by molar-refractivity contribution is 5.30. The Labute approximate surface area is 103 Å². The number of methoxy groups -OCH3 is 1. The fourth-order valence-electron chi connectivity index (χ4n) is 1.52. The van der Waals surface area contributed by atoms with E-state index in [0.717, 1.165) is 18.7 Å². The average molecular weight is 238 g/mol. The van der Waals surface area contributed by atoms with Gasteiger partial charge >= 0.3 is 0 Å². The van der Waals surface area contributed by atoms with E-state index < -0.39 is 0 Å². The number of rotatable bonds is 6. The molecular formula is C12H22N4O. The highest BCUT2D eigenvalue weighted by Crippen LogP contribution is 2.20. The third-order valence-electron chi connectivity index (χ3n) is 2.59. The molecule has 1 aromatic rings. The predicted molar refractivity (Wildman–Crippen MR) is 69.3 cm³/mol. The topological polar surface area (TPSA) is 73.1 Å². The van der Waals surface area contributed by atoms with Crippen molar-refractivity contribution < 1.29 is 4.74 Å². The molecule has 0 saturated carbocycles. The van der Waals surface area contributed by atoms with Crippen LogP contribution in [0.1, 0.15) is 26.0 Å². The highest BCUT2D eigenvalue weighted by atomic mass is 16.5. The predicted octanol–water partition coefficient (Wildman–Crippen LogP) is 1.58. The molecule has 0 unspecified atom stereocenters. The molecule has 0 radical (unpaired) electrons. The molecule has 0 spiro atoms. The van der Waals surface area contributed by atoms with Gasteiger partial charge in [0.1, 0.15) is 0 Å². The fraction of sp³-hybridized carbons (Fsp3) is 0.667. The van der Waals surface area contributed by atoms with Gasteiger partial charge in [0.15, 0.2) is 0 Å². The number of aromatic nitrogens is 2. The van der Waals surface area contributed by atoms with Gasteiger partial charge in [0.05, 0.1) is 7.11 Å². The summed E-state index contributed by atoms with van der Waals surface area (Å²) in [6.45, 7) is 7.73. The first-order valence-corrected chi connectivity index (χ1v) is 5.80. The quantitative estimate of drug-likeness (QED) is 0.787. The van der Waals surface area contributed by atoms with Gasteiger partial charge in [-0.2, -0.15) is 4.98 Å². The first-order chi connectivity index (χ1) is 7.96. The number of ether oxygens (including phenoxy) is 1. The largest absolute Gasteiger partial charge is 0.481 e. The van der Waals surface area contributed by atoms with Crippen molar-refractivity contribution >= 4 is 5.95 Å². The number of nitrogens with zero attached hydrogens (tertiary/aromatic N) is 2. The molecule has 0 bridgehead atoms. The molecular weight excluding hydrogens is 216 g/mol. The van der Waals surface area contributed by atoms with Gasteiger partial charge in [-0.15, -0.1) is 0 Å². The summed E-state index contributed by atoms with van der Waals surface area (Å²) in [6.07, 6.45) is 0.961. The molecule has 0 aliphatic rings. The van der Waals surface area contributed by atoms with Gasteiger partial charge in [-0.05, 0) is 25.3 Å². The van der Waals surface area contributed by atoms with Crippen LogP contribution in [0.15, 0.2) is 6.07 Å². The average Bonchev–Trinajstić information content (AvgIpc) is 2.26. The number of hydrogen-bond donors (Lipinski definition) is 2. The van der Waals surface area contributed by atoms with E-state index in [4.69, 9.17) is 10.5 Å². The minimum Gasteiger partial charge on any atom is -0.481 e. The van der Waals surface area contributed by atoms with Crippen molar-refractivity contribution in [3.8, 4) is 5.88 Å². The van der Waals surface area contributed by atoms with Crippen LogP contribution in [-0.2, 0) is 0 Å². The van der Waals surface area contributed by atoms with Gasteiger partial charge in [-0.3, -0.25) is 0 Å². The van der Waals surface area contributed by atoms with E-state index in [2.05, 4.69) is 29.1 Å². The van der Waals surface area contributed by atoms with Crippen molar-refractivity contribution in [2.45, 2.75) is 27.2 Å². The van der Waals surface area contributed by atoms with Crippen molar-refractivity contribution in [3.63, 3.8) is 0 Å². The second kappa shape index (κ2) is 5.82. The fourth-order valence-corrected chi connectivity index (χ4v) is 1.52. The number of nitrogens with one attached hydrogen (secondary N) is 1. The zero-order valence-electron chi connectivity index (χ0n) is 11.1. The molecule has 3 N–H and O–H groups in total. The zero-order valence-corrected chi connectivity index (χ0v) is 11.1. The Morgan fingerprint density at radius 1 is 1.41 bits per heavy atom. The van der Waals surface area contributed by atoms with E-state index in [1.54, 1.807) is 13.2 Å². The molecule has 0 aliphatic carbocycles. The number of anilines is 1. The van der Waals surface area contributed by atoms with Crippen LogP contribution in [-0.4, -0.2) is 30.2 Å². The lowest BCUT2D eigenvalue weighted by atomic mass is 9.89. The lowest BCUT2D eigenvalue weighted by Gasteiger charge is -2.24. The summed E-state index contributed by atoms with van der Waals surface area (Å²) < 4.78 is 5.10. The summed E-state index contributed by atoms with van der Waals surface area (Å²) in [7, 11) is 1.60. The number of aryl methyl sites for hydroxylation is 1. The SMILES string of the molecule is COc1cc(C)nc(NCC(C)(C)CCN)n1. The van der Waals surface area contributed by atoms with Crippen molar-refractivity contribution in [2.24, 2.45) is 11.1 Å². The molecule has 0 atom stereocenters. The van der Waals surface area contributed by atoms with E-state index in [1.165, 1.54) is 0 Å². The van der Waals surface area contributed by atoms with Crippen LogP contribution in [0, 0.1) is 12.3 Å². The first-order valence-electron chi connectivity index (χ1n) is 5.80. The summed E-state index contributed by atoms with van der Waals surface area (Å²) in [4.78, 5) is 8.55. The van der Waals surface area contributed by atoms with Gasteiger partial charge in [0.25, 0.3) is 0 Å². The number of nitrogens with two attached hydrogens (primary N) is 1. The van der Waals surface area contributed by atoms with E-state index in [1.807, 2.05) is 6.92 Å². The van der Waals surface area contributed by atoms with E-state index in [0.29, 0.717) is 18.4 Å². The monoisotopic (exact) mass is 238 g/mol. The molecule has 0 fully saturated rings. The highest BCUT2D eigenvalue weighted by Gasteiger charge is 2.17. The van der Waals surface area contributed by atoms with Crippen LogP contribution in [0.5, 0.6) is 5.88 Å². The smallest absolute Gasteiger partial charge is 0.226 e. The summed E-state index contributed by atoms with van der Waals surface area (Å²) in [5.74, 6) is 1.18. The van der Waals surface area contributed by atoms with E-state index in [9.17, 15) is 0 Å². The Bertz CT molecular complexity index is 366. The molecule has 5 nitrogen and oxygen atoms in total. The van der Waals surface area contributed by atoms with Crippen LogP contribution in [0.25, 0.3) is 0 Å². The van der Waals surface area contributed by atoms with Crippen molar-refractivity contribution in [1.29, 1.82) is 0 Å². The van der Waals surface area contributed by atoms with E-state index in [-0.39, 0.29) is 5.41 Å². The van der Waals surface area contributed by atoms with Gasteiger partial charge in [-0.25, -0.2) is 4.98 Å². The molecule has 17 heavy (non-hydrogen) atoms. The maximum atomic E-state index is 5.57. The van der Waals surface area contributed by atoms with Crippen LogP contribution in [0.3, 0.4) is 0 Å². The molecule has 96 valence electrons. The molecule has 1 heterocycles. The third kappa shape index (κ3) is 4.56. The third-order valence-corrected chi connectivity index (χ3v) is 2.59. The van der Waals surface area contributed by atoms with Gasteiger partial charge < -0.3 is 15.8 Å². The summed E-state index contributed by atoms with van der Waals surface area (Å²) in [5, 5.41) is 3.23. The lowest BCUT2D eigenvalue weighted by Crippen LogP contribution is -2.26. The molecule has 0 saturated heterocycles. The van der Waals surface area contributed by atoms with Gasteiger partial charge in [0, 0.05) is 18.3 Å². The van der Waals surface area contributed by atoms with Gasteiger partial charge in [-0.1, -0.05) is 13.8 Å². The van der Waals surface area contributed by atoms with Crippen molar-refractivity contribution in [2.75, 3.05) is 25.5 Å². The lowest BCUT2D eigenvalue weighted by molar-refractivity contribution is 0.363. The maximum Gasteiger partial charge on any atom is 0.226 e. The minimum atomic E-state index is 0.134. The Morgan fingerprint density at radius 2 is 2.12 bits per heavy atom. The molecule has 0 aliphatic heterocycles. The standard InChI is InChI=1S/C12H22N4O/c1-9-7-10(17-4)16-11(15-9)14-8-12(2,3)5-6-13/h7H,5-6,8,13H2,1-4H3,(H,14,15,16). The summed E-state index contributed by atoms with van der Waals surface area (Å²) in [5.41, 5.74) is 6.59. The Hall–Kier alpha value is -1.36. The normalized spacial score (nSPS) is 11.4. The minimum absolute atomic E-state index is 0.134. The van der Waals surface area contributed by atoms with Gasteiger partial charge in [0.2, 0.25) is 11.8 Å². The van der Waals surface area contributed by atoms with Crippen LogP contribution >= 0.6 is 0 Å². The molecule has 0 amide bonds. The molecule has 5 heteroatoms. The summed E-state index contributed by atoms with van der Waals surface area (Å²) >= 11 is 0. The zero-order chi connectivity index (χ0) is 12.9. The van der Waals surface area contributed by atoms with Crippen LogP contribution < -0.4 is 15.8 Å². The second-order valence-electron chi connectivity index (χ2n) is 4.93. The second-order valence-corrected chi connectivity index (χ2v) is 4.93. The Morgan fingerprint density at radius 3 is 2.71 bits per heavy atom. The Balaban J connectivity index is 2.65. The van der Waals surface area contributed by atoms with E-state index >= 15 is 0 Å². The molecule has 0 aromatic carbocycles. The Kier molecular flexibility index (Phi) is 4.69. The van der Waals surface area contributed by atoms with Crippen molar-refractivity contribution in [3.05, 3.63) is 11.8 Å². The van der Waals surface area contributed by atoms with Crippen molar-refractivity contribution in [1.82, 2.24) is 9.97 Å². The maximum absolute atomic E-state index is 5.57. The van der Waals surface area contributed by atoms with Crippen LogP contribution in [0.2, 0.25) is 0 Å².